The second kappa shape index (κ2) is 5.87. The summed E-state index contributed by atoms with van der Waals surface area (Å²) in [6.45, 7) is 6.60. The van der Waals surface area contributed by atoms with E-state index in [4.69, 9.17) is 16.3 Å². The van der Waals surface area contributed by atoms with Gasteiger partial charge in [0.15, 0.2) is 0 Å². The molecule has 100 valence electrons. The lowest BCUT2D eigenvalue weighted by molar-refractivity contribution is -0.00545. The molecule has 2 rings (SSSR count). The Morgan fingerprint density at radius 2 is 2.11 bits per heavy atom. The Bertz CT molecular complexity index is 403. The van der Waals surface area contributed by atoms with Crippen molar-refractivity contribution in [3.63, 3.8) is 0 Å². The Balaban J connectivity index is 2.17. The fourth-order valence-corrected chi connectivity index (χ4v) is 2.66. The fraction of sp³-hybridized carbons (Fsp3) is 0.615. The van der Waals surface area contributed by atoms with Crippen molar-refractivity contribution in [1.82, 2.24) is 10.3 Å². The molecule has 1 aliphatic heterocycles. The lowest BCUT2D eigenvalue weighted by Crippen LogP contribution is -2.46. The standard InChI is InChI=1S/C13H20ClN3O/c1-9-7-17(8-10(2)18-9)13-12(14)4-11(5-15-3)6-16-13/h4,6,9-10,15H,5,7-8H2,1-3H3/t9-,10+. The van der Waals surface area contributed by atoms with Crippen LogP contribution in [0.2, 0.25) is 5.02 Å². The summed E-state index contributed by atoms with van der Waals surface area (Å²) in [5, 5.41) is 3.80. The number of morpholine rings is 1. The summed E-state index contributed by atoms with van der Waals surface area (Å²) in [7, 11) is 1.91. The Hall–Kier alpha value is -0.840. The van der Waals surface area contributed by atoms with Crippen molar-refractivity contribution in [2.75, 3.05) is 25.0 Å². The van der Waals surface area contributed by atoms with E-state index in [1.165, 1.54) is 0 Å². The van der Waals surface area contributed by atoms with Crippen molar-refractivity contribution >= 4 is 17.4 Å². The van der Waals surface area contributed by atoms with Gasteiger partial charge in [-0.3, -0.25) is 0 Å². The molecule has 0 spiro atoms. The van der Waals surface area contributed by atoms with Gasteiger partial charge in [-0.15, -0.1) is 0 Å². The quantitative estimate of drug-likeness (QED) is 0.912. The van der Waals surface area contributed by atoms with E-state index in [9.17, 15) is 0 Å². The lowest BCUT2D eigenvalue weighted by Gasteiger charge is -2.36. The van der Waals surface area contributed by atoms with Gasteiger partial charge in [0.2, 0.25) is 0 Å². The first-order chi connectivity index (χ1) is 8.60. The predicted molar refractivity (Wildman–Crippen MR) is 74.2 cm³/mol. The molecular formula is C13H20ClN3O. The number of halogens is 1. The van der Waals surface area contributed by atoms with Crippen LogP contribution in [0.5, 0.6) is 0 Å². The van der Waals surface area contributed by atoms with Gasteiger partial charge in [0, 0.05) is 25.8 Å². The van der Waals surface area contributed by atoms with Crippen LogP contribution in [0.25, 0.3) is 0 Å². The topological polar surface area (TPSA) is 37.4 Å². The fourth-order valence-electron chi connectivity index (χ4n) is 2.35. The number of nitrogens with zero attached hydrogens (tertiary/aromatic N) is 2. The number of pyridine rings is 1. The van der Waals surface area contributed by atoms with Crippen molar-refractivity contribution in [2.24, 2.45) is 0 Å². The third-order valence-corrected chi connectivity index (χ3v) is 3.26. The molecule has 4 nitrogen and oxygen atoms in total. The van der Waals surface area contributed by atoms with Crippen molar-refractivity contribution in [1.29, 1.82) is 0 Å². The number of hydrogen-bond acceptors (Lipinski definition) is 4. The van der Waals surface area contributed by atoms with E-state index in [0.717, 1.165) is 31.0 Å². The SMILES string of the molecule is CNCc1cnc(N2C[C@@H](C)O[C@@H](C)C2)c(Cl)c1. The van der Waals surface area contributed by atoms with Crippen molar-refractivity contribution in [3.05, 3.63) is 22.8 Å². The van der Waals surface area contributed by atoms with Gasteiger partial charge in [0.1, 0.15) is 5.82 Å². The highest BCUT2D eigenvalue weighted by Crippen LogP contribution is 2.26. The van der Waals surface area contributed by atoms with Gasteiger partial charge in [0.05, 0.1) is 17.2 Å². The highest BCUT2D eigenvalue weighted by molar-refractivity contribution is 6.33. The molecule has 1 aromatic rings. The van der Waals surface area contributed by atoms with E-state index in [1.54, 1.807) is 0 Å². The van der Waals surface area contributed by atoms with Crippen LogP contribution < -0.4 is 10.2 Å². The summed E-state index contributed by atoms with van der Waals surface area (Å²) in [6, 6.07) is 1.98. The van der Waals surface area contributed by atoms with Crippen molar-refractivity contribution < 1.29 is 4.74 Å². The minimum atomic E-state index is 0.212. The molecule has 1 saturated heterocycles. The molecule has 2 heterocycles. The monoisotopic (exact) mass is 269 g/mol. The maximum Gasteiger partial charge on any atom is 0.147 e. The molecule has 0 radical (unpaired) electrons. The molecule has 0 saturated carbocycles. The van der Waals surface area contributed by atoms with Gasteiger partial charge in [-0.05, 0) is 32.5 Å². The zero-order chi connectivity index (χ0) is 13.1. The van der Waals surface area contributed by atoms with E-state index < -0.39 is 0 Å². The van der Waals surface area contributed by atoms with E-state index in [-0.39, 0.29) is 12.2 Å². The zero-order valence-electron chi connectivity index (χ0n) is 11.1. The van der Waals surface area contributed by atoms with E-state index in [0.29, 0.717) is 5.02 Å². The molecule has 0 aliphatic carbocycles. The Kier molecular flexibility index (Phi) is 4.43. The largest absolute Gasteiger partial charge is 0.372 e. The maximum atomic E-state index is 6.32. The predicted octanol–water partition coefficient (Wildman–Crippen LogP) is 2.07. The van der Waals surface area contributed by atoms with E-state index in [1.807, 2.05) is 19.3 Å². The molecule has 1 aliphatic rings. The maximum absolute atomic E-state index is 6.32. The van der Waals surface area contributed by atoms with E-state index >= 15 is 0 Å². The Morgan fingerprint density at radius 3 is 2.67 bits per heavy atom. The van der Waals surface area contributed by atoms with Crippen LogP contribution in [0.1, 0.15) is 19.4 Å². The van der Waals surface area contributed by atoms with Gasteiger partial charge < -0.3 is 15.0 Å². The normalized spacial score (nSPS) is 24.3. The second-order valence-electron chi connectivity index (χ2n) is 4.84. The van der Waals surface area contributed by atoms with Crippen LogP contribution in [0, 0.1) is 0 Å². The molecule has 0 unspecified atom stereocenters. The molecule has 1 N–H and O–H groups in total. The minimum absolute atomic E-state index is 0.212. The summed E-state index contributed by atoms with van der Waals surface area (Å²) < 4.78 is 5.72. The zero-order valence-corrected chi connectivity index (χ0v) is 11.9. The van der Waals surface area contributed by atoms with Gasteiger partial charge >= 0.3 is 0 Å². The van der Waals surface area contributed by atoms with Crippen LogP contribution in [-0.4, -0.2) is 37.3 Å². The van der Waals surface area contributed by atoms with Crippen molar-refractivity contribution in [2.45, 2.75) is 32.6 Å². The average molecular weight is 270 g/mol. The lowest BCUT2D eigenvalue weighted by atomic mass is 10.2. The van der Waals surface area contributed by atoms with Gasteiger partial charge in [0.25, 0.3) is 0 Å². The number of rotatable bonds is 3. The second-order valence-corrected chi connectivity index (χ2v) is 5.25. The minimum Gasteiger partial charge on any atom is -0.372 e. The molecule has 2 atom stereocenters. The number of aromatic nitrogens is 1. The van der Waals surface area contributed by atoms with Gasteiger partial charge in [-0.1, -0.05) is 11.6 Å². The van der Waals surface area contributed by atoms with Gasteiger partial charge in [-0.2, -0.15) is 0 Å². The molecule has 0 aromatic carbocycles. The van der Waals surface area contributed by atoms with Crippen LogP contribution in [0.4, 0.5) is 5.82 Å². The molecule has 0 bridgehead atoms. The van der Waals surface area contributed by atoms with Gasteiger partial charge in [-0.25, -0.2) is 4.98 Å². The summed E-state index contributed by atoms with van der Waals surface area (Å²) in [5.74, 6) is 0.860. The number of anilines is 1. The smallest absolute Gasteiger partial charge is 0.147 e. The highest BCUT2D eigenvalue weighted by Gasteiger charge is 2.24. The van der Waals surface area contributed by atoms with Crippen molar-refractivity contribution in [3.8, 4) is 0 Å². The summed E-state index contributed by atoms with van der Waals surface area (Å²) in [6.07, 6.45) is 2.30. The van der Waals surface area contributed by atoms with E-state index in [2.05, 4.69) is 29.0 Å². The number of nitrogens with one attached hydrogen (secondary N) is 1. The summed E-state index contributed by atoms with van der Waals surface area (Å²) >= 11 is 6.32. The molecule has 1 fully saturated rings. The van der Waals surface area contributed by atoms with Crippen LogP contribution >= 0.6 is 11.6 Å². The first-order valence-electron chi connectivity index (χ1n) is 6.29. The molecule has 1 aromatic heterocycles. The highest BCUT2D eigenvalue weighted by atomic mass is 35.5. The third kappa shape index (κ3) is 3.13. The Morgan fingerprint density at radius 1 is 1.44 bits per heavy atom. The summed E-state index contributed by atoms with van der Waals surface area (Å²) in [5.41, 5.74) is 1.10. The summed E-state index contributed by atoms with van der Waals surface area (Å²) in [4.78, 5) is 6.69. The Labute approximate surface area is 113 Å². The molecule has 18 heavy (non-hydrogen) atoms. The average Bonchev–Trinajstić information content (AvgIpc) is 2.28. The third-order valence-electron chi connectivity index (χ3n) is 2.98. The molecule has 5 heteroatoms. The van der Waals surface area contributed by atoms with Crippen LogP contribution in [0.3, 0.4) is 0 Å². The number of hydrogen-bond donors (Lipinski definition) is 1. The molecular weight excluding hydrogens is 250 g/mol. The molecule has 0 amide bonds. The van der Waals surface area contributed by atoms with Crippen LogP contribution in [-0.2, 0) is 11.3 Å². The van der Waals surface area contributed by atoms with Crippen LogP contribution in [0.15, 0.2) is 12.3 Å². The first kappa shape index (κ1) is 13.6. The number of ether oxygens (including phenoxy) is 1. The first-order valence-corrected chi connectivity index (χ1v) is 6.67.